The number of nitrogens with two attached hydrogens (primary N) is 1. The number of carbonyl (C=O) groups excluding carboxylic acids is 1. The molecule has 142 valence electrons. The summed E-state index contributed by atoms with van der Waals surface area (Å²) in [7, 11) is -0.893. The van der Waals surface area contributed by atoms with Gasteiger partial charge < -0.3 is 10.5 Å². The molecule has 0 aromatic heterocycles. The number of esters is 1. The van der Waals surface area contributed by atoms with Gasteiger partial charge in [0.05, 0.1) is 19.7 Å². The molecule has 1 atom stereocenters. The molecule has 0 spiro atoms. The van der Waals surface area contributed by atoms with Gasteiger partial charge in [0.2, 0.25) is 0 Å². The van der Waals surface area contributed by atoms with Crippen LogP contribution in [0.1, 0.15) is 32.3 Å². The molecule has 0 saturated carbocycles. The van der Waals surface area contributed by atoms with Crippen LogP contribution in [0.2, 0.25) is 0 Å². The van der Waals surface area contributed by atoms with Gasteiger partial charge in [0.1, 0.15) is 0 Å². The van der Waals surface area contributed by atoms with Crippen molar-refractivity contribution in [1.82, 2.24) is 5.09 Å². The lowest BCUT2D eigenvalue weighted by molar-refractivity contribution is -0.135. The van der Waals surface area contributed by atoms with Crippen LogP contribution in [0.4, 0.5) is 0 Å². The molecule has 6 nitrogen and oxygen atoms in total. The van der Waals surface area contributed by atoms with Gasteiger partial charge in [-0.05, 0) is 42.9 Å². The van der Waals surface area contributed by atoms with Crippen LogP contribution < -0.4 is 10.8 Å². The second kappa shape index (κ2) is 12.5. The SMILES string of the molecule is CCCCSc1cccc(C(N)=CCN[P+](=O)OC(C)=CC(=O)OC)c1. The van der Waals surface area contributed by atoms with E-state index in [9.17, 15) is 9.36 Å². The maximum absolute atomic E-state index is 11.8. The lowest BCUT2D eigenvalue weighted by atomic mass is 10.1. The Kier molecular flexibility index (Phi) is 10.7. The number of thioether (sulfide) groups is 1. The summed E-state index contributed by atoms with van der Waals surface area (Å²) >= 11 is 1.81. The molecule has 1 aromatic carbocycles. The van der Waals surface area contributed by atoms with Crippen LogP contribution in [0.25, 0.3) is 5.70 Å². The van der Waals surface area contributed by atoms with Crippen molar-refractivity contribution in [1.29, 1.82) is 0 Å². The number of carbonyl (C=O) groups is 1. The molecule has 1 unspecified atom stereocenters. The molecule has 0 aliphatic rings. The topological polar surface area (TPSA) is 90.6 Å². The van der Waals surface area contributed by atoms with Crippen molar-refractivity contribution in [3.05, 3.63) is 47.7 Å². The first-order valence-electron chi connectivity index (χ1n) is 8.30. The number of allylic oxidation sites excluding steroid dienone is 1. The van der Waals surface area contributed by atoms with Gasteiger partial charge in [0, 0.05) is 15.2 Å². The maximum Gasteiger partial charge on any atom is 0.663 e. The summed E-state index contributed by atoms with van der Waals surface area (Å²) in [5, 5.41) is 2.69. The van der Waals surface area contributed by atoms with E-state index in [2.05, 4.69) is 22.8 Å². The molecular formula is C18H26N2O4PS+. The lowest BCUT2D eigenvalue weighted by Crippen LogP contribution is -2.07. The first kappa shape index (κ1) is 22.2. The van der Waals surface area contributed by atoms with E-state index in [-0.39, 0.29) is 12.3 Å². The molecule has 0 fully saturated rings. The molecule has 0 aliphatic heterocycles. The number of ether oxygens (including phenoxy) is 1. The Balaban J connectivity index is 2.52. The smallest absolute Gasteiger partial charge is 0.466 e. The standard InChI is InChI=1S/C18H26N2O4PS/c1-4-5-11-26-16-8-6-7-15(13-16)17(19)9-10-20-25(22)24-14(2)12-18(21)23-3/h6-9,12-13H,4-5,10-11,19H2,1-3H3,(H,20,22)/q+1. The minimum Gasteiger partial charge on any atom is -0.466 e. The van der Waals surface area contributed by atoms with Crippen molar-refractivity contribution in [2.45, 2.75) is 31.6 Å². The van der Waals surface area contributed by atoms with Crippen LogP contribution in [-0.2, 0) is 18.6 Å². The van der Waals surface area contributed by atoms with E-state index in [0.29, 0.717) is 5.70 Å². The normalized spacial score (nSPS) is 12.7. The fourth-order valence-electron chi connectivity index (χ4n) is 1.86. The van der Waals surface area contributed by atoms with Gasteiger partial charge >= 0.3 is 14.1 Å². The Bertz CT molecular complexity index is 677. The van der Waals surface area contributed by atoms with Crippen molar-refractivity contribution in [3.8, 4) is 0 Å². The zero-order valence-electron chi connectivity index (χ0n) is 15.4. The van der Waals surface area contributed by atoms with E-state index in [0.717, 1.165) is 17.4 Å². The number of rotatable bonds is 11. The predicted molar refractivity (Wildman–Crippen MR) is 107 cm³/mol. The third-order valence-corrected chi connectivity index (χ3v) is 5.20. The molecule has 8 heteroatoms. The number of hydrogen-bond acceptors (Lipinski definition) is 6. The highest BCUT2D eigenvalue weighted by molar-refractivity contribution is 7.99. The molecule has 0 saturated heterocycles. The van der Waals surface area contributed by atoms with Gasteiger partial charge in [-0.1, -0.05) is 30.6 Å². The van der Waals surface area contributed by atoms with Crippen LogP contribution in [-0.4, -0.2) is 25.4 Å². The number of hydrogen-bond donors (Lipinski definition) is 2. The number of nitrogens with one attached hydrogen (secondary N) is 1. The molecule has 1 aromatic rings. The van der Waals surface area contributed by atoms with E-state index in [1.165, 1.54) is 31.8 Å². The van der Waals surface area contributed by atoms with Gasteiger partial charge in [-0.3, -0.25) is 0 Å². The van der Waals surface area contributed by atoms with Crippen LogP contribution >= 0.6 is 19.9 Å². The molecule has 0 amide bonds. The van der Waals surface area contributed by atoms with E-state index >= 15 is 0 Å². The monoisotopic (exact) mass is 397 g/mol. The predicted octanol–water partition coefficient (Wildman–Crippen LogP) is 4.22. The highest BCUT2D eigenvalue weighted by Crippen LogP contribution is 2.23. The highest BCUT2D eigenvalue weighted by atomic mass is 32.2. The fraction of sp³-hybridized carbons (Fsp3) is 0.389. The summed E-state index contributed by atoms with van der Waals surface area (Å²) in [5.74, 6) is 0.729. The molecule has 26 heavy (non-hydrogen) atoms. The van der Waals surface area contributed by atoms with E-state index in [4.69, 9.17) is 10.3 Å². The Morgan fingerprint density at radius 3 is 2.88 bits per heavy atom. The average molecular weight is 397 g/mol. The number of benzene rings is 1. The molecule has 0 bridgehead atoms. The summed E-state index contributed by atoms with van der Waals surface area (Å²) in [6.45, 7) is 3.98. The van der Waals surface area contributed by atoms with E-state index < -0.39 is 14.1 Å². The summed E-state index contributed by atoms with van der Waals surface area (Å²) in [6.07, 6.45) is 5.22. The van der Waals surface area contributed by atoms with E-state index in [1.807, 2.05) is 30.0 Å². The van der Waals surface area contributed by atoms with Crippen LogP contribution in [0.3, 0.4) is 0 Å². The van der Waals surface area contributed by atoms with Crippen molar-refractivity contribution < 1.29 is 18.6 Å². The van der Waals surface area contributed by atoms with E-state index in [1.54, 1.807) is 6.08 Å². The molecule has 0 radical (unpaired) electrons. The molecule has 0 heterocycles. The van der Waals surface area contributed by atoms with Crippen LogP contribution in [0.15, 0.2) is 47.1 Å². The first-order chi connectivity index (χ1) is 12.5. The largest absolute Gasteiger partial charge is 0.663 e. The van der Waals surface area contributed by atoms with Crippen molar-refractivity contribution in [3.63, 3.8) is 0 Å². The minimum absolute atomic E-state index is 0.208. The van der Waals surface area contributed by atoms with Crippen LogP contribution in [0, 0.1) is 0 Å². The van der Waals surface area contributed by atoms with Crippen molar-refractivity contribution in [2.24, 2.45) is 5.73 Å². The Morgan fingerprint density at radius 1 is 1.42 bits per heavy atom. The molecular weight excluding hydrogens is 371 g/mol. The summed E-state index contributed by atoms with van der Waals surface area (Å²) in [5.41, 5.74) is 7.61. The molecule has 3 N–H and O–H groups in total. The second-order valence-electron chi connectivity index (χ2n) is 5.38. The Hall–Kier alpha value is -1.82. The van der Waals surface area contributed by atoms with Gasteiger partial charge in [-0.2, -0.15) is 0 Å². The van der Waals surface area contributed by atoms with Crippen molar-refractivity contribution in [2.75, 3.05) is 19.4 Å². The highest BCUT2D eigenvalue weighted by Gasteiger charge is 2.18. The fourth-order valence-corrected chi connectivity index (χ4v) is 3.54. The Labute approximate surface area is 160 Å². The quantitative estimate of drug-likeness (QED) is 0.144. The van der Waals surface area contributed by atoms with Crippen LogP contribution in [0.5, 0.6) is 0 Å². The minimum atomic E-state index is -2.15. The summed E-state index contributed by atoms with van der Waals surface area (Å²) in [4.78, 5) is 12.2. The zero-order valence-corrected chi connectivity index (χ0v) is 17.1. The third-order valence-electron chi connectivity index (χ3n) is 3.23. The summed E-state index contributed by atoms with van der Waals surface area (Å²) in [6, 6.07) is 8.03. The molecule has 0 aliphatic carbocycles. The van der Waals surface area contributed by atoms with Gasteiger partial charge in [0.15, 0.2) is 5.76 Å². The van der Waals surface area contributed by atoms with Gasteiger partial charge in [-0.15, -0.1) is 11.8 Å². The van der Waals surface area contributed by atoms with Gasteiger partial charge in [0.25, 0.3) is 0 Å². The summed E-state index contributed by atoms with van der Waals surface area (Å²) < 4.78 is 21.3. The van der Waals surface area contributed by atoms with Gasteiger partial charge in [-0.25, -0.2) is 9.32 Å². The lowest BCUT2D eigenvalue weighted by Gasteiger charge is -2.05. The molecule has 1 rings (SSSR count). The van der Waals surface area contributed by atoms with Crippen molar-refractivity contribution >= 4 is 31.6 Å². The Morgan fingerprint density at radius 2 is 2.19 bits per heavy atom. The second-order valence-corrected chi connectivity index (χ2v) is 7.56. The third kappa shape index (κ3) is 9.04. The number of methoxy groups -OCH3 is 1. The number of unbranched alkanes of at least 4 members (excludes halogenated alkanes) is 1. The first-order valence-corrected chi connectivity index (χ1v) is 10.5. The average Bonchev–Trinajstić information content (AvgIpc) is 2.61. The maximum atomic E-state index is 11.8. The zero-order chi connectivity index (χ0) is 19.4.